The Labute approximate surface area is 134 Å². The van der Waals surface area contributed by atoms with Crippen LogP contribution in [0.1, 0.15) is 23.6 Å². The molecule has 0 bridgehead atoms. The van der Waals surface area contributed by atoms with Crippen LogP contribution < -0.4 is 5.32 Å². The van der Waals surface area contributed by atoms with Crippen LogP contribution in [0.3, 0.4) is 0 Å². The lowest BCUT2D eigenvalue weighted by Crippen LogP contribution is -2.11. The van der Waals surface area contributed by atoms with E-state index in [9.17, 15) is 0 Å². The van der Waals surface area contributed by atoms with E-state index in [-0.39, 0.29) is 0 Å². The molecule has 0 saturated heterocycles. The second kappa shape index (κ2) is 7.30. The first-order chi connectivity index (χ1) is 9.60. The molecule has 0 spiro atoms. The highest BCUT2D eigenvalue weighted by Gasteiger charge is 2.04. The summed E-state index contributed by atoms with van der Waals surface area (Å²) in [4.78, 5) is 2.56. The van der Waals surface area contributed by atoms with E-state index >= 15 is 0 Å². The zero-order chi connectivity index (χ0) is 14.5. The highest BCUT2D eigenvalue weighted by atomic mass is 79.9. The Morgan fingerprint density at radius 2 is 1.70 bits per heavy atom. The van der Waals surface area contributed by atoms with E-state index in [0.717, 1.165) is 13.1 Å². The van der Waals surface area contributed by atoms with Gasteiger partial charge in [0.2, 0.25) is 0 Å². The van der Waals surface area contributed by atoms with Gasteiger partial charge in [-0.3, -0.25) is 0 Å². The summed E-state index contributed by atoms with van der Waals surface area (Å²) in [6.45, 7) is 8.33. The van der Waals surface area contributed by atoms with E-state index < -0.39 is 0 Å². The van der Waals surface area contributed by atoms with Crippen LogP contribution in [0, 0.1) is 13.8 Å². The van der Waals surface area contributed by atoms with Crippen molar-refractivity contribution >= 4 is 27.7 Å². The first kappa shape index (κ1) is 15.6. The summed E-state index contributed by atoms with van der Waals surface area (Å²) in [5, 5.41) is 3.35. The second-order valence-electron chi connectivity index (χ2n) is 4.88. The normalized spacial score (nSPS) is 10.8. The number of hydrogen-bond donors (Lipinski definition) is 1. The largest absolute Gasteiger partial charge is 0.313 e. The number of rotatable bonds is 5. The second-order valence-corrected chi connectivity index (χ2v) is 6.88. The van der Waals surface area contributed by atoms with Gasteiger partial charge in [0.1, 0.15) is 0 Å². The highest BCUT2D eigenvalue weighted by Crippen LogP contribution is 2.32. The number of halogens is 1. The molecule has 0 atom stereocenters. The van der Waals surface area contributed by atoms with Gasteiger partial charge >= 0.3 is 0 Å². The third kappa shape index (κ3) is 4.11. The minimum atomic E-state index is 0.908. The average Bonchev–Trinajstić information content (AvgIpc) is 2.42. The summed E-state index contributed by atoms with van der Waals surface area (Å²) >= 11 is 5.47. The Morgan fingerprint density at radius 1 is 1.00 bits per heavy atom. The highest BCUT2D eigenvalue weighted by molar-refractivity contribution is 9.10. The maximum Gasteiger partial charge on any atom is 0.0231 e. The molecule has 0 saturated carbocycles. The van der Waals surface area contributed by atoms with Gasteiger partial charge in [-0.2, -0.15) is 0 Å². The SMILES string of the molecule is CCNCc1ccc(Sc2ccc(C)c(C)c2)cc1Br. The maximum absolute atomic E-state index is 3.66. The van der Waals surface area contributed by atoms with E-state index in [1.54, 1.807) is 11.8 Å². The summed E-state index contributed by atoms with van der Waals surface area (Å²) < 4.78 is 1.17. The van der Waals surface area contributed by atoms with Crippen LogP contribution in [0.15, 0.2) is 50.7 Å². The minimum Gasteiger partial charge on any atom is -0.313 e. The van der Waals surface area contributed by atoms with E-state index in [1.807, 2.05) is 0 Å². The first-order valence-corrected chi connectivity index (χ1v) is 8.45. The number of nitrogens with one attached hydrogen (secondary N) is 1. The first-order valence-electron chi connectivity index (χ1n) is 6.84. The van der Waals surface area contributed by atoms with Crippen LogP contribution in [0.4, 0.5) is 0 Å². The molecule has 0 unspecified atom stereocenters. The topological polar surface area (TPSA) is 12.0 Å². The molecule has 0 radical (unpaired) electrons. The molecular weight excluding hydrogens is 330 g/mol. The Morgan fingerprint density at radius 3 is 2.35 bits per heavy atom. The summed E-state index contributed by atoms with van der Waals surface area (Å²) in [6.07, 6.45) is 0. The number of hydrogen-bond acceptors (Lipinski definition) is 2. The van der Waals surface area contributed by atoms with Crippen LogP contribution in [-0.2, 0) is 6.54 Å². The zero-order valence-electron chi connectivity index (χ0n) is 12.2. The molecule has 20 heavy (non-hydrogen) atoms. The van der Waals surface area contributed by atoms with Gasteiger partial charge in [0.05, 0.1) is 0 Å². The molecule has 0 aliphatic carbocycles. The van der Waals surface area contributed by atoms with Crippen molar-refractivity contribution in [2.75, 3.05) is 6.54 Å². The lowest BCUT2D eigenvalue weighted by Gasteiger charge is -2.09. The molecule has 2 aromatic rings. The fourth-order valence-electron chi connectivity index (χ4n) is 1.91. The smallest absolute Gasteiger partial charge is 0.0231 e. The van der Waals surface area contributed by atoms with Gasteiger partial charge in [0, 0.05) is 20.8 Å². The van der Waals surface area contributed by atoms with Crippen molar-refractivity contribution in [3.8, 4) is 0 Å². The predicted molar refractivity (Wildman–Crippen MR) is 91.6 cm³/mol. The molecule has 0 aliphatic heterocycles. The Hall–Kier alpha value is -0.770. The van der Waals surface area contributed by atoms with Gasteiger partial charge in [0.15, 0.2) is 0 Å². The Bertz CT molecular complexity index is 596. The summed E-state index contributed by atoms with van der Waals surface area (Å²) in [6, 6.07) is 13.2. The average molecular weight is 350 g/mol. The van der Waals surface area contributed by atoms with Gasteiger partial charge in [-0.05, 0) is 61.3 Å². The van der Waals surface area contributed by atoms with Crippen molar-refractivity contribution in [3.05, 3.63) is 57.6 Å². The third-order valence-electron chi connectivity index (χ3n) is 3.30. The fourth-order valence-corrected chi connectivity index (χ4v) is 3.54. The van der Waals surface area contributed by atoms with Crippen molar-refractivity contribution < 1.29 is 0 Å². The molecule has 1 N–H and O–H groups in total. The molecular formula is C17H20BrNS. The third-order valence-corrected chi connectivity index (χ3v) is 5.02. The van der Waals surface area contributed by atoms with Gasteiger partial charge in [0.25, 0.3) is 0 Å². The van der Waals surface area contributed by atoms with Crippen molar-refractivity contribution in [2.45, 2.75) is 37.1 Å². The van der Waals surface area contributed by atoms with E-state index in [0.29, 0.717) is 0 Å². The van der Waals surface area contributed by atoms with Crippen LogP contribution in [0.5, 0.6) is 0 Å². The van der Waals surface area contributed by atoms with Gasteiger partial charge in [-0.1, -0.05) is 46.7 Å². The maximum atomic E-state index is 3.66. The van der Waals surface area contributed by atoms with E-state index in [4.69, 9.17) is 0 Å². The van der Waals surface area contributed by atoms with Crippen LogP contribution in [0.2, 0.25) is 0 Å². The summed E-state index contributed by atoms with van der Waals surface area (Å²) in [7, 11) is 0. The minimum absolute atomic E-state index is 0.908. The number of benzene rings is 2. The van der Waals surface area contributed by atoms with Crippen LogP contribution in [-0.4, -0.2) is 6.54 Å². The van der Waals surface area contributed by atoms with Crippen LogP contribution in [0.25, 0.3) is 0 Å². The molecule has 2 aromatic carbocycles. The standard InChI is InChI=1S/C17H20BrNS/c1-4-19-11-14-6-8-16(10-17(14)18)20-15-7-5-12(2)13(3)9-15/h5-10,19H,4,11H2,1-3H3. The van der Waals surface area contributed by atoms with Crippen molar-refractivity contribution in [2.24, 2.45) is 0 Å². The fraction of sp³-hybridized carbons (Fsp3) is 0.294. The summed E-state index contributed by atoms with van der Waals surface area (Å²) in [5.41, 5.74) is 3.99. The molecule has 106 valence electrons. The predicted octanol–water partition coefficient (Wildman–Crippen LogP) is 5.33. The van der Waals surface area contributed by atoms with E-state index in [2.05, 4.69) is 78.4 Å². The van der Waals surface area contributed by atoms with Gasteiger partial charge < -0.3 is 5.32 Å². The lowest BCUT2D eigenvalue weighted by molar-refractivity contribution is 0.724. The zero-order valence-corrected chi connectivity index (χ0v) is 14.6. The molecule has 2 rings (SSSR count). The molecule has 0 fully saturated rings. The summed E-state index contributed by atoms with van der Waals surface area (Å²) in [5.74, 6) is 0. The molecule has 0 amide bonds. The molecule has 1 nitrogen and oxygen atoms in total. The monoisotopic (exact) mass is 349 g/mol. The lowest BCUT2D eigenvalue weighted by atomic mass is 10.1. The van der Waals surface area contributed by atoms with Crippen molar-refractivity contribution in [3.63, 3.8) is 0 Å². The van der Waals surface area contributed by atoms with Crippen LogP contribution >= 0.6 is 27.7 Å². The van der Waals surface area contributed by atoms with Crippen molar-refractivity contribution in [1.82, 2.24) is 5.32 Å². The Balaban J connectivity index is 2.13. The van der Waals surface area contributed by atoms with Gasteiger partial charge in [-0.15, -0.1) is 0 Å². The quantitative estimate of drug-likeness (QED) is 0.783. The number of aryl methyl sites for hydroxylation is 2. The Kier molecular flexibility index (Phi) is 5.70. The molecule has 0 aliphatic rings. The molecule has 0 aromatic heterocycles. The molecule has 0 heterocycles. The molecule has 3 heteroatoms. The van der Waals surface area contributed by atoms with Crippen molar-refractivity contribution in [1.29, 1.82) is 0 Å². The van der Waals surface area contributed by atoms with Gasteiger partial charge in [-0.25, -0.2) is 0 Å². The van der Waals surface area contributed by atoms with E-state index in [1.165, 1.54) is 31.0 Å².